The monoisotopic (exact) mass is 390 g/mol. The van der Waals surface area contributed by atoms with E-state index in [1.165, 1.54) is 11.3 Å². The molecule has 1 fully saturated rings. The summed E-state index contributed by atoms with van der Waals surface area (Å²) in [5.41, 5.74) is 1.22. The number of rotatable bonds is 5. The Hall–Kier alpha value is -1.47. The summed E-state index contributed by atoms with van der Waals surface area (Å²) in [4.78, 5) is 17.8. The second-order valence-electron chi connectivity index (χ2n) is 8.45. The van der Waals surface area contributed by atoms with E-state index in [0.29, 0.717) is 13.2 Å². The molecule has 1 aromatic heterocycles. The summed E-state index contributed by atoms with van der Waals surface area (Å²) in [6, 6.07) is 8.15. The van der Waals surface area contributed by atoms with Gasteiger partial charge in [-0.25, -0.2) is 0 Å². The van der Waals surface area contributed by atoms with Crippen molar-refractivity contribution in [3.63, 3.8) is 0 Å². The Labute approximate surface area is 165 Å². The van der Waals surface area contributed by atoms with Gasteiger partial charge in [0, 0.05) is 43.5 Å². The van der Waals surface area contributed by atoms with E-state index in [4.69, 9.17) is 4.74 Å². The summed E-state index contributed by atoms with van der Waals surface area (Å²) in [5.74, 6) is -0.0446. The number of likely N-dealkylation sites (N-methyl/N-ethyl adjacent to an activating group) is 1. The number of aliphatic hydroxyl groups is 1. The number of hydrogen-bond donors (Lipinski definition) is 1. The highest BCUT2D eigenvalue weighted by molar-refractivity contribution is 7.21. The van der Waals surface area contributed by atoms with E-state index in [2.05, 4.69) is 37.8 Å². The molecule has 0 bridgehead atoms. The van der Waals surface area contributed by atoms with E-state index in [1.807, 2.05) is 12.1 Å². The van der Waals surface area contributed by atoms with E-state index in [-0.39, 0.29) is 24.0 Å². The predicted molar refractivity (Wildman–Crippen MR) is 110 cm³/mol. The number of thiophene rings is 1. The van der Waals surface area contributed by atoms with Crippen molar-refractivity contribution in [1.29, 1.82) is 0 Å². The molecule has 0 radical (unpaired) electrons. The van der Waals surface area contributed by atoms with Crippen molar-refractivity contribution < 1.29 is 14.6 Å². The van der Waals surface area contributed by atoms with Crippen LogP contribution in [0.4, 0.5) is 0 Å². The van der Waals surface area contributed by atoms with E-state index in [0.717, 1.165) is 40.2 Å². The van der Waals surface area contributed by atoms with Gasteiger partial charge in [0.25, 0.3) is 5.91 Å². The lowest BCUT2D eigenvalue weighted by atomic mass is 9.95. The highest BCUT2D eigenvalue weighted by atomic mass is 32.1. The average Bonchev–Trinajstić information content (AvgIpc) is 2.99. The van der Waals surface area contributed by atoms with Gasteiger partial charge in [-0.3, -0.25) is 9.69 Å². The Balaban J connectivity index is 1.96. The van der Waals surface area contributed by atoms with Crippen molar-refractivity contribution in [3.05, 3.63) is 34.7 Å². The number of nitrogens with zero attached hydrogens (tertiary/aromatic N) is 2. The molecule has 1 aromatic carbocycles. The summed E-state index contributed by atoms with van der Waals surface area (Å²) < 4.78 is 7.25. The van der Waals surface area contributed by atoms with Crippen molar-refractivity contribution in [2.24, 2.45) is 5.41 Å². The number of aliphatic hydroxyl groups excluding tert-OH is 1. The zero-order valence-electron chi connectivity index (χ0n) is 16.7. The molecule has 0 saturated carbocycles. The molecular weight excluding hydrogens is 360 g/mol. The molecule has 27 heavy (non-hydrogen) atoms. The van der Waals surface area contributed by atoms with Gasteiger partial charge in [-0.05, 0) is 16.9 Å². The van der Waals surface area contributed by atoms with Crippen LogP contribution in [-0.4, -0.2) is 67.3 Å². The number of hydrogen-bond acceptors (Lipinski definition) is 5. The van der Waals surface area contributed by atoms with Crippen LogP contribution in [0.5, 0.6) is 0 Å². The van der Waals surface area contributed by atoms with E-state index >= 15 is 0 Å². The Bertz CT molecular complexity index is 796. The number of fused-ring (bicyclic) bond motifs is 1. The van der Waals surface area contributed by atoms with Crippen LogP contribution >= 0.6 is 11.3 Å². The maximum absolute atomic E-state index is 13.0. The van der Waals surface area contributed by atoms with Gasteiger partial charge >= 0.3 is 0 Å². The average molecular weight is 391 g/mol. The number of carbonyl (C=O) groups is 1. The first-order valence-electron chi connectivity index (χ1n) is 9.52. The molecule has 1 aliphatic rings. The van der Waals surface area contributed by atoms with Crippen LogP contribution < -0.4 is 0 Å². The molecule has 5 nitrogen and oxygen atoms in total. The third-order valence-corrected chi connectivity index (χ3v) is 5.96. The predicted octanol–water partition coefficient (Wildman–Crippen LogP) is 3.39. The molecule has 1 amide bonds. The van der Waals surface area contributed by atoms with Crippen molar-refractivity contribution >= 4 is 27.3 Å². The number of benzene rings is 1. The molecule has 2 heterocycles. The standard InChI is InChI=1S/C21H30N2O3S/c1-21(2,3)14-23-10-12-26-16(13-23)18-15-7-5-6-8-17(15)27-19(18)20(25)22(4)9-11-24/h5-8,16,24H,9-14H2,1-4H3/t16-/m0/s1. The van der Waals surface area contributed by atoms with Gasteiger partial charge in [-0.15, -0.1) is 11.3 Å². The maximum Gasteiger partial charge on any atom is 0.264 e. The van der Waals surface area contributed by atoms with Crippen molar-refractivity contribution in [2.75, 3.05) is 46.4 Å². The minimum Gasteiger partial charge on any atom is -0.395 e. The van der Waals surface area contributed by atoms with Gasteiger partial charge in [-0.2, -0.15) is 0 Å². The molecule has 1 aliphatic heterocycles. The van der Waals surface area contributed by atoms with Gasteiger partial charge in [0.1, 0.15) is 0 Å². The fourth-order valence-corrected chi connectivity index (χ4v) is 4.91. The first kappa shape index (κ1) is 20.3. The Morgan fingerprint density at radius 1 is 1.37 bits per heavy atom. The first-order chi connectivity index (χ1) is 12.8. The number of ether oxygens (including phenoxy) is 1. The zero-order valence-corrected chi connectivity index (χ0v) is 17.5. The lowest BCUT2D eigenvalue weighted by molar-refractivity contribution is -0.0383. The summed E-state index contributed by atoms with van der Waals surface area (Å²) in [5, 5.41) is 10.3. The van der Waals surface area contributed by atoms with Crippen molar-refractivity contribution in [1.82, 2.24) is 9.80 Å². The third kappa shape index (κ3) is 4.69. The molecule has 6 heteroatoms. The van der Waals surface area contributed by atoms with E-state index < -0.39 is 0 Å². The molecule has 1 N–H and O–H groups in total. The molecule has 148 valence electrons. The van der Waals surface area contributed by atoms with Crippen LogP contribution in [0.2, 0.25) is 0 Å². The van der Waals surface area contributed by atoms with Gasteiger partial charge in [0.05, 0.1) is 24.2 Å². The van der Waals surface area contributed by atoms with E-state index in [1.54, 1.807) is 11.9 Å². The number of amides is 1. The minimum absolute atomic E-state index is 0.0399. The summed E-state index contributed by atoms with van der Waals surface area (Å²) in [6.07, 6.45) is -0.112. The second-order valence-corrected chi connectivity index (χ2v) is 9.50. The van der Waals surface area contributed by atoms with Gasteiger partial charge in [0.15, 0.2) is 0 Å². The van der Waals surface area contributed by atoms with E-state index in [9.17, 15) is 9.90 Å². The highest BCUT2D eigenvalue weighted by Crippen LogP contribution is 2.39. The summed E-state index contributed by atoms with van der Waals surface area (Å²) in [7, 11) is 1.74. The molecule has 3 rings (SSSR count). The molecule has 0 unspecified atom stereocenters. The highest BCUT2D eigenvalue weighted by Gasteiger charge is 2.31. The Morgan fingerprint density at radius 3 is 2.81 bits per heavy atom. The summed E-state index contributed by atoms with van der Waals surface area (Å²) >= 11 is 1.52. The van der Waals surface area contributed by atoms with Crippen LogP contribution in [0.1, 0.15) is 42.1 Å². The quantitative estimate of drug-likeness (QED) is 0.850. The summed E-state index contributed by atoms with van der Waals surface area (Å²) in [6.45, 7) is 10.4. The SMILES string of the molecule is CN(CCO)C(=O)c1sc2ccccc2c1[C@@H]1CN(CC(C)(C)C)CCO1. The largest absolute Gasteiger partial charge is 0.395 e. The molecule has 2 aromatic rings. The number of carbonyl (C=O) groups excluding carboxylic acids is 1. The fraction of sp³-hybridized carbons (Fsp3) is 0.571. The number of morpholine rings is 1. The second kappa shape index (κ2) is 8.27. The van der Waals surface area contributed by atoms with Gasteiger partial charge < -0.3 is 14.7 Å². The normalized spacial score (nSPS) is 18.8. The first-order valence-corrected chi connectivity index (χ1v) is 10.3. The lowest BCUT2D eigenvalue weighted by Crippen LogP contribution is -2.42. The lowest BCUT2D eigenvalue weighted by Gasteiger charge is -2.37. The molecule has 0 spiro atoms. The van der Waals surface area contributed by atoms with Crippen LogP contribution in [0, 0.1) is 5.41 Å². The van der Waals surface area contributed by atoms with Crippen LogP contribution in [0.15, 0.2) is 24.3 Å². The van der Waals surface area contributed by atoms with Crippen LogP contribution in [0.3, 0.4) is 0 Å². The topological polar surface area (TPSA) is 53.0 Å². The molecule has 0 aliphatic carbocycles. The van der Waals surface area contributed by atoms with Crippen LogP contribution in [-0.2, 0) is 4.74 Å². The molecule has 1 atom stereocenters. The van der Waals surface area contributed by atoms with Crippen molar-refractivity contribution in [2.45, 2.75) is 26.9 Å². The van der Waals surface area contributed by atoms with Gasteiger partial charge in [0.2, 0.25) is 0 Å². The van der Waals surface area contributed by atoms with Crippen molar-refractivity contribution in [3.8, 4) is 0 Å². The molecule has 1 saturated heterocycles. The third-order valence-electron chi connectivity index (χ3n) is 4.78. The van der Waals surface area contributed by atoms with Crippen LogP contribution in [0.25, 0.3) is 10.1 Å². The smallest absolute Gasteiger partial charge is 0.264 e. The molecular formula is C21H30N2O3S. The maximum atomic E-state index is 13.0. The fourth-order valence-electron chi connectivity index (χ4n) is 3.66. The Kier molecular flexibility index (Phi) is 6.21. The zero-order chi connectivity index (χ0) is 19.6. The Morgan fingerprint density at radius 2 is 2.11 bits per heavy atom. The van der Waals surface area contributed by atoms with Gasteiger partial charge in [-0.1, -0.05) is 39.0 Å². The minimum atomic E-state index is -0.112.